The highest BCUT2D eigenvalue weighted by Gasteiger charge is 2.07. The van der Waals surface area contributed by atoms with Crippen LogP contribution in [-0.2, 0) is 11.3 Å². The fraction of sp³-hybridized carbons (Fsp3) is 0.769. The predicted octanol–water partition coefficient (Wildman–Crippen LogP) is 1.59. The minimum absolute atomic E-state index is 0.569. The van der Waals surface area contributed by atoms with E-state index in [0.717, 1.165) is 31.3 Å². The molecule has 5 nitrogen and oxygen atoms in total. The zero-order valence-electron chi connectivity index (χ0n) is 12.2. The summed E-state index contributed by atoms with van der Waals surface area (Å²) in [4.78, 5) is 6.81. The summed E-state index contributed by atoms with van der Waals surface area (Å²) in [6, 6.07) is 0.569. The third-order valence-corrected chi connectivity index (χ3v) is 3.06. The molecule has 0 spiro atoms. The van der Waals surface area contributed by atoms with Gasteiger partial charge in [-0.15, -0.1) is 0 Å². The molecule has 104 valence electrons. The topological polar surface area (TPSA) is 42.3 Å². The van der Waals surface area contributed by atoms with Crippen molar-refractivity contribution < 1.29 is 4.74 Å². The van der Waals surface area contributed by atoms with E-state index in [-0.39, 0.29) is 0 Å². The number of nitrogens with one attached hydrogen (secondary N) is 1. The predicted molar refractivity (Wildman–Crippen MR) is 75.1 cm³/mol. The fourth-order valence-electron chi connectivity index (χ4n) is 1.65. The first-order valence-electron chi connectivity index (χ1n) is 6.51. The molecule has 1 aromatic rings. The molecule has 0 amide bonds. The molecule has 0 saturated heterocycles. The molecule has 0 bridgehead atoms. The first-order valence-corrected chi connectivity index (χ1v) is 6.51. The lowest BCUT2D eigenvalue weighted by Crippen LogP contribution is -2.30. The standard InChI is InChI=1S/C13H26N4O/c1-11(2)16(4)7-8-17-10-12(3)15-13(17)14-6-9-18-5/h10-11H,6-9H2,1-5H3,(H,14,15). The Morgan fingerprint density at radius 2 is 2.22 bits per heavy atom. The number of ether oxygens (including phenoxy) is 1. The Bertz CT molecular complexity index is 349. The molecule has 0 radical (unpaired) electrons. The van der Waals surface area contributed by atoms with Crippen molar-refractivity contribution in [2.24, 2.45) is 0 Å². The van der Waals surface area contributed by atoms with Crippen LogP contribution in [-0.4, -0.2) is 54.3 Å². The molecule has 1 aromatic heterocycles. The Hall–Kier alpha value is -1.07. The molecule has 1 N–H and O–H groups in total. The smallest absolute Gasteiger partial charge is 0.203 e. The van der Waals surface area contributed by atoms with E-state index in [2.05, 4.69) is 46.9 Å². The average Bonchev–Trinajstić information content (AvgIpc) is 2.67. The van der Waals surface area contributed by atoms with Crippen LogP contribution in [0.5, 0.6) is 0 Å². The van der Waals surface area contributed by atoms with Gasteiger partial charge in [0.15, 0.2) is 0 Å². The second-order valence-electron chi connectivity index (χ2n) is 4.89. The quantitative estimate of drug-likeness (QED) is 0.715. The van der Waals surface area contributed by atoms with E-state index < -0.39 is 0 Å². The Morgan fingerprint density at radius 1 is 1.50 bits per heavy atom. The molecule has 1 rings (SSSR count). The molecule has 0 aromatic carbocycles. The summed E-state index contributed by atoms with van der Waals surface area (Å²) in [5.41, 5.74) is 1.04. The van der Waals surface area contributed by atoms with E-state index in [9.17, 15) is 0 Å². The largest absolute Gasteiger partial charge is 0.383 e. The van der Waals surface area contributed by atoms with Crippen LogP contribution in [0.1, 0.15) is 19.5 Å². The zero-order chi connectivity index (χ0) is 13.5. The Balaban J connectivity index is 2.53. The van der Waals surface area contributed by atoms with E-state index >= 15 is 0 Å². The lowest BCUT2D eigenvalue weighted by Gasteiger charge is -2.21. The number of anilines is 1. The van der Waals surface area contributed by atoms with Crippen molar-refractivity contribution in [2.75, 3.05) is 39.2 Å². The van der Waals surface area contributed by atoms with Crippen molar-refractivity contribution in [3.8, 4) is 0 Å². The number of imidazole rings is 1. The maximum Gasteiger partial charge on any atom is 0.203 e. The second kappa shape index (κ2) is 7.38. The van der Waals surface area contributed by atoms with Gasteiger partial charge < -0.3 is 19.5 Å². The van der Waals surface area contributed by atoms with Gasteiger partial charge in [0.2, 0.25) is 5.95 Å². The first-order chi connectivity index (χ1) is 8.54. The zero-order valence-corrected chi connectivity index (χ0v) is 12.2. The van der Waals surface area contributed by atoms with E-state index in [1.54, 1.807) is 7.11 Å². The van der Waals surface area contributed by atoms with E-state index in [1.165, 1.54) is 0 Å². The average molecular weight is 254 g/mol. The molecule has 0 unspecified atom stereocenters. The Kier molecular flexibility index (Phi) is 6.15. The SMILES string of the molecule is COCCNc1nc(C)cn1CCN(C)C(C)C. The number of aromatic nitrogens is 2. The van der Waals surface area contributed by atoms with Gasteiger partial charge in [-0.25, -0.2) is 4.98 Å². The number of hydrogen-bond donors (Lipinski definition) is 1. The first kappa shape index (κ1) is 15.0. The van der Waals surface area contributed by atoms with Crippen LogP contribution in [0.25, 0.3) is 0 Å². The monoisotopic (exact) mass is 254 g/mol. The number of methoxy groups -OCH3 is 1. The third kappa shape index (κ3) is 4.66. The van der Waals surface area contributed by atoms with Crippen LogP contribution < -0.4 is 5.32 Å². The van der Waals surface area contributed by atoms with E-state index in [4.69, 9.17) is 4.74 Å². The Labute approximate surface area is 110 Å². The van der Waals surface area contributed by atoms with Crippen molar-refractivity contribution in [3.63, 3.8) is 0 Å². The number of aryl methyl sites for hydroxylation is 1. The molecule has 0 aliphatic carbocycles. The highest BCUT2D eigenvalue weighted by molar-refractivity contribution is 5.28. The molecule has 0 aliphatic rings. The summed E-state index contributed by atoms with van der Waals surface area (Å²) in [6.07, 6.45) is 2.09. The van der Waals surface area contributed by atoms with E-state index in [0.29, 0.717) is 12.6 Å². The molecule has 0 aliphatic heterocycles. The van der Waals surface area contributed by atoms with Crippen molar-refractivity contribution in [3.05, 3.63) is 11.9 Å². The summed E-state index contributed by atoms with van der Waals surface area (Å²) in [5.74, 6) is 0.932. The number of hydrogen-bond acceptors (Lipinski definition) is 4. The summed E-state index contributed by atoms with van der Waals surface area (Å²) < 4.78 is 7.20. The van der Waals surface area contributed by atoms with Gasteiger partial charge >= 0.3 is 0 Å². The number of rotatable bonds is 8. The second-order valence-corrected chi connectivity index (χ2v) is 4.89. The molecule has 1 heterocycles. The van der Waals surface area contributed by atoms with Gasteiger partial charge in [-0.2, -0.15) is 0 Å². The van der Waals surface area contributed by atoms with Crippen LogP contribution in [0.4, 0.5) is 5.95 Å². The van der Waals surface area contributed by atoms with Gasteiger partial charge in [-0.1, -0.05) is 0 Å². The van der Waals surface area contributed by atoms with Gasteiger partial charge in [0.25, 0.3) is 0 Å². The molecular formula is C13H26N4O. The highest BCUT2D eigenvalue weighted by atomic mass is 16.5. The van der Waals surface area contributed by atoms with Crippen LogP contribution >= 0.6 is 0 Å². The Morgan fingerprint density at radius 3 is 2.83 bits per heavy atom. The molecule has 18 heavy (non-hydrogen) atoms. The maximum absolute atomic E-state index is 5.03. The summed E-state index contributed by atoms with van der Waals surface area (Å²) in [5, 5.41) is 3.30. The van der Waals surface area contributed by atoms with Crippen molar-refractivity contribution in [1.82, 2.24) is 14.5 Å². The summed E-state index contributed by atoms with van der Waals surface area (Å²) >= 11 is 0. The van der Waals surface area contributed by atoms with Gasteiger partial charge in [0, 0.05) is 39.0 Å². The lowest BCUT2D eigenvalue weighted by atomic mass is 10.3. The summed E-state index contributed by atoms with van der Waals surface area (Å²) in [7, 11) is 3.85. The maximum atomic E-state index is 5.03. The van der Waals surface area contributed by atoms with Crippen molar-refractivity contribution in [2.45, 2.75) is 33.4 Å². The van der Waals surface area contributed by atoms with Crippen molar-refractivity contribution >= 4 is 5.95 Å². The normalized spacial score (nSPS) is 11.5. The fourth-order valence-corrected chi connectivity index (χ4v) is 1.65. The van der Waals surface area contributed by atoms with Gasteiger partial charge in [-0.05, 0) is 27.8 Å². The molecule has 0 saturated carbocycles. The minimum atomic E-state index is 0.569. The molecule has 0 fully saturated rings. The molecule has 5 heteroatoms. The number of likely N-dealkylation sites (N-methyl/N-ethyl adjacent to an activating group) is 1. The van der Waals surface area contributed by atoms with Crippen LogP contribution in [0.2, 0.25) is 0 Å². The summed E-state index contributed by atoms with van der Waals surface area (Å²) in [6.45, 7) is 9.88. The third-order valence-electron chi connectivity index (χ3n) is 3.06. The van der Waals surface area contributed by atoms with Crippen LogP contribution in [0.3, 0.4) is 0 Å². The number of nitrogens with zero attached hydrogens (tertiary/aromatic N) is 3. The van der Waals surface area contributed by atoms with Crippen molar-refractivity contribution in [1.29, 1.82) is 0 Å². The minimum Gasteiger partial charge on any atom is -0.383 e. The van der Waals surface area contributed by atoms with Crippen LogP contribution in [0, 0.1) is 6.92 Å². The van der Waals surface area contributed by atoms with Gasteiger partial charge in [0.05, 0.1) is 12.3 Å². The van der Waals surface area contributed by atoms with Gasteiger partial charge in [-0.3, -0.25) is 0 Å². The van der Waals surface area contributed by atoms with E-state index in [1.807, 2.05) is 6.92 Å². The van der Waals surface area contributed by atoms with Gasteiger partial charge in [0.1, 0.15) is 0 Å². The highest BCUT2D eigenvalue weighted by Crippen LogP contribution is 2.08. The molecular weight excluding hydrogens is 228 g/mol. The van der Waals surface area contributed by atoms with Crippen LogP contribution in [0.15, 0.2) is 6.20 Å². The molecule has 0 atom stereocenters. The lowest BCUT2D eigenvalue weighted by molar-refractivity contribution is 0.210.